The van der Waals surface area contributed by atoms with Gasteiger partial charge >= 0.3 is 5.69 Å². The molecule has 9 nitrogen and oxygen atoms in total. The number of nitrogens with one attached hydrogen (secondary N) is 2. The first-order valence-corrected chi connectivity index (χ1v) is 10.8. The van der Waals surface area contributed by atoms with Gasteiger partial charge in [0.05, 0.1) is 23.7 Å². The number of aryl methyl sites for hydroxylation is 1. The van der Waals surface area contributed by atoms with Gasteiger partial charge in [0.1, 0.15) is 12.3 Å². The van der Waals surface area contributed by atoms with Crippen LogP contribution in [0.25, 0.3) is 10.9 Å². The lowest BCUT2D eigenvalue weighted by Gasteiger charge is -2.14. The number of carbonyl (C=O) groups excluding carboxylic acids is 2. The standard InChI is InChI=1S/C25H24N4O5/c1-17-8-10-18(11-9-17)27-23(31)16-29-21-7-3-2-6-20(21)24(32)28(25(29)33)13-12-22(30)26-15-19-5-4-14-34-19/h2-11,14H,12-13,15-16H2,1H3,(H,26,30)(H,27,31). The number of para-hydroxylation sites is 1. The summed E-state index contributed by atoms with van der Waals surface area (Å²) in [4.78, 5) is 51.1. The zero-order chi connectivity index (χ0) is 24.1. The molecule has 4 rings (SSSR count). The van der Waals surface area contributed by atoms with Crippen molar-refractivity contribution in [2.24, 2.45) is 0 Å². The van der Waals surface area contributed by atoms with Gasteiger partial charge in [-0.3, -0.25) is 23.5 Å². The van der Waals surface area contributed by atoms with E-state index in [-0.39, 0.29) is 32.0 Å². The van der Waals surface area contributed by atoms with Crippen LogP contribution in [0.5, 0.6) is 0 Å². The molecule has 0 spiro atoms. The second-order valence-corrected chi connectivity index (χ2v) is 7.86. The molecule has 0 aliphatic carbocycles. The smallest absolute Gasteiger partial charge is 0.331 e. The number of aromatic nitrogens is 2. The van der Waals surface area contributed by atoms with Gasteiger partial charge in [-0.15, -0.1) is 0 Å². The molecule has 2 heterocycles. The predicted octanol–water partition coefficient (Wildman–Crippen LogP) is 2.41. The summed E-state index contributed by atoms with van der Waals surface area (Å²) in [5.74, 6) is -0.143. The maximum atomic E-state index is 13.2. The first-order valence-electron chi connectivity index (χ1n) is 10.8. The molecule has 0 radical (unpaired) electrons. The second-order valence-electron chi connectivity index (χ2n) is 7.86. The van der Waals surface area contributed by atoms with Crippen molar-refractivity contribution in [1.29, 1.82) is 0 Å². The molecule has 2 amide bonds. The Kier molecular flexibility index (Phi) is 6.72. The van der Waals surface area contributed by atoms with Crippen LogP contribution in [0.15, 0.2) is 80.9 Å². The maximum absolute atomic E-state index is 13.2. The average Bonchev–Trinajstić information content (AvgIpc) is 3.36. The van der Waals surface area contributed by atoms with Gasteiger partial charge in [0.25, 0.3) is 5.56 Å². The summed E-state index contributed by atoms with van der Waals surface area (Å²) in [6.45, 7) is 1.75. The third-order valence-corrected chi connectivity index (χ3v) is 5.37. The van der Waals surface area contributed by atoms with Crippen LogP contribution in [0.1, 0.15) is 17.7 Å². The van der Waals surface area contributed by atoms with E-state index in [9.17, 15) is 19.2 Å². The Morgan fingerprint density at radius 3 is 2.41 bits per heavy atom. The number of hydrogen-bond donors (Lipinski definition) is 2. The van der Waals surface area contributed by atoms with Crippen LogP contribution in [0.3, 0.4) is 0 Å². The monoisotopic (exact) mass is 460 g/mol. The van der Waals surface area contributed by atoms with Crippen molar-refractivity contribution in [2.45, 2.75) is 33.0 Å². The summed E-state index contributed by atoms with van der Waals surface area (Å²) in [6, 6.07) is 17.3. The zero-order valence-electron chi connectivity index (χ0n) is 18.6. The van der Waals surface area contributed by atoms with Crippen molar-refractivity contribution in [3.8, 4) is 0 Å². The highest BCUT2D eigenvalue weighted by atomic mass is 16.3. The van der Waals surface area contributed by atoms with Crippen LogP contribution in [-0.4, -0.2) is 20.9 Å². The lowest BCUT2D eigenvalue weighted by Crippen LogP contribution is -2.42. The molecule has 4 aromatic rings. The number of carbonyl (C=O) groups is 2. The lowest BCUT2D eigenvalue weighted by atomic mass is 10.2. The highest BCUT2D eigenvalue weighted by molar-refractivity contribution is 5.91. The van der Waals surface area contributed by atoms with Gasteiger partial charge in [-0.2, -0.15) is 0 Å². The number of benzene rings is 2. The van der Waals surface area contributed by atoms with E-state index < -0.39 is 17.2 Å². The molecule has 0 atom stereocenters. The third kappa shape index (κ3) is 5.15. The van der Waals surface area contributed by atoms with Crippen LogP contribution >= 0.6 is 0 Å². The fraction of sp³-hybridized carbons (Fsp3) is 0.200. The number of fused-ring (bicyclic) bond motifs is 1. The summed E-state index contributed by atoms with van der Waals surface area (Å²) in [5.41, 5.74) is 0.862. The Bertz CT molecular complexity index is 1430. The van der Waals surface area contributed by atoms with E-state index in [0.29, 0.717) is 22.4 Å². The minimum Gasteiger partial charge on any atom is -0.467 e. The van der Waals surface area contributed by atoms with Crippen molar-refractivity contribution in [3.63, 3.8) is 0 Å². The topological polar surface area (TPSA) is 115 Å². The first kappa shape index (κ1) is 22.8. The zero-order valence-corrected chi connectivity index (χ0v) is 18.6. The molecule has 0 saturated carbocycles. The van der Waals surface area contributed by atoms with Crippen molar-refractivity contribution in [3.05, 3.63) is 99.1 Å². The second kappa shape index (κ2) is 10.0. The van der Waals surface area contributed by atoms with Crippen LogP contribution in [0, 0.1) is 6.92 Å². The molecule has 0 fully saturated rings. The number of amides is 2. The first-order chi connectivity index (χ1) is 16.4. The van der Waals surface area contributed by atoms with Crippen LogP contribution < -0.4 is 21.9 Å². The van der Waals surface area contributed by atoms with E-state index in [1.54, 1.807) is 48.5 Å². The Hall–Kier alpha value is -4.40. The predicted molar refractivity (Wildman–Crippen MR) is 127 cm³/mol. The fourth-order valence-corrected chi connectivity index (χ4v) is 3.60. The molecule has 2 aromatic carbocycles. The molecule has 0 aliphatic heterocycles. The van der Waals surface area contributed by atoms with Gasteiger partial charge < -0.3 is 15.1 Å². The Balaban J connectivity index is 1.56. The van der Waals surface area contributed by atoms with Gasteiger partial charge in [-0.1, -0.05) is 29.8 Å². The van der Waals surface area contributed by atoms with Gasteiger partial charge in [-0.25, -0.2) is 4.79 Å². The van der Waals surface area contributed by atoms with Crippen molar-refractivity contribution >= 4 is 28.4 Å². The molecular formula is C25H24N4O5. The SMILES string of the molecule is Cc1ccc(NC(=O)Cn2c(=O)n(CCC(=O)NCc3ccco3)c(=O)c3ccccc32)cc1. The molecule has 0 saturated heterocycles. The Morgan fingerprint density at radius 2 is 1.68 bits per heavy atom. The van der Waals surface area contributed by atoms with Crippen molar-refractivity contribution in [2.75, 3.05) is 5.32 Å². The molecule has 0 aliphatic rings. The van der Waals surface area contributed by atoms with Gasteiger partial charge in [0.15, 0.2) is 0 Å². The van der Waals surface area contributed by atoms with E-state index in [1.807, 2.05) is 19.1 Å². The largest absolute Gasteiger partial charge is 0.467 e. The summed E-state index contributed by atoms with van der Waals surface area (Å²) in [6.07, 6.45) is 1.43. The van der Waals surface area contributed by atoms with Crippen LogP contribution in [-0.2, 0) is 29.2 Å². The number of hydrogen-bond acceptors (Lipinski definition) is 5. The number of anilines is 1. The molecular weight excluding hydrogens is 436 g/mol. The fourth-order valence-electron chi connectivity index (χ4n) is 3.60. The van der Waals surface area contributed by atoms with Crippen molar-refractivity contribution in [1.82, 2.24) is 14.5 Å². The quantitative estimate of drug-likeness (QED) is 0.419. The molecule has 2 N–H and O–H groups in total. The minimum atomic E-state index is -0.651. The van der Waals surface area contributed by atoms with E-state index in [2.05, 4.69) is 10.6 Å². The number of rotatable bonds is 8. The molecule has 0 bridgehead atoms. The van der Waals surface area contributed by atoms with Gasteiger partial charge in [-0.05, 0) is 43.3 Å². The van der Waals surface area contributed by atoms with E-state index in [4.69, 9.17) is 4.42 Å². The molecule has 34 heavy (non-hydrogen) atoms. The highest BCUT2D eigenvalue weighted by Crippen LogP contribution is 2.11. The molecule has 2 aromatic heterocycles. The maximum Gasteiger partial charge on any atom is 0.331 e. The van der Waals surface area contributed by atoms with Crippen LogP contribution in [0.2, 0.25) is 0 Å². The van der Waals surface area contributed by atoms with Crippen molar-refractivity contribution < 1.29 is 14.0 Å². The van der Waals surface area contributed by atoms with E-state index in [0.717, 1.165) is 10.1 Å². The normalized spacial score (nSPS) is 10.9. The highest BCUT2D eigenvalue weighted by Gasteiger charge is 2.16. The van der Waals surface area contributed by atoms with Crippen LogP contribution in [0.4, 0.5) is 5.69 Å². The van der Waals surface area contributed by atoms with Gasteiger partial charge in [0.2, 0.25) is 11.8 Å². The Morgan fingerprint density at radius 1 is 0.912 bits per heavy atom. The number of furan rings is 1. The summed E-state index contributed by atoms with van der Waals surface area (Å²) >= 11 is 0. The summed E-state index contributed by atoms with van der Waals surface area (Å²) in [5, 5.41) is 5.75. The van der Waals surface area contributed by atoms with E-state index >= 15 is 0 Å². The average molecular weight is 460 g/mol. The molecule has 174 valence electrons. The summed E-state index contributed by atoms with van der Waals surface area (Å²) < 4.78 is 7.42. The minimum absolute atomic E-state index is 0.0796. The van der Waals surface area contributed by atoms with Gasteiger partial charge in [0, 0.05) is 18.7 Å². The summed E-state index contributed by atoms with van der Waals surface area (Å²) in [7, 11) is 0. The third-order valence-electron chi connectivity index (χ3n) is 5.37. The lowest BCUT2D eigenvalue weighted by molar-refractivity contribution is -0.121. The van der Waals surface area contributed by atoms with E-state index in [1.165, 1.54) is 10.8 Å². The molecule has 0 unspecified atom stereocenters. The molecule has 9 heteroatoms. The Labute approximate surface area is 194 Å². The number of nitrogens with zero attached hydrogens (tertiary/aromatic N) is 2.